The van der Waals surface area contributed by atoms with Gasteiger partial charge in [-0.1, -0.05) is 24.3 Å². The lowest BCUT2D eigenvalue weighted by Gasteiger charge is -2.12. The molecule has 0 bridgehead atoms. The van der Waals surface area contributed by atoms with Gasteiger partial charge in [-0.2, -0.15) is 0 Å². The van der Waals surface area contributed by atoms with E-state index in [0.717, 1.165) is 4.88 Å². The zero-order valence-corrected chi connectivity index (χ0v) is 16.4. The predicted octanol–water partition coefficient (Wildman–Crippen LogP) is 4.59. The van der Waals surface area contributed by atoms with E-state index in [1.54, 1.807) is 36.5 Å². The number of amides is 1. The third kappa shape index (κ3) is 4.20. The summed E-state index contributed by atoms with van der Waals surface area (Å²) < 4.78 is 10.5. The van der Waals surface area contributed by atoms with Gasteiger partial charge in [-0.3, -0.25) is 4.79 Å². The molecule has 0 saturated carbocycles. The number of ether oxygens (including phenoxy) is 1. The number of hydrogen-bond donors (Lipinski definition) is 1. The molecule has 1 amide bonds. The molecule has 0 aliphatic carbocycles. The van der Waals surface area contributed by atoms with Crippen LogP contribution in [-0.4, -0.2) is 23.5 Å². The van der Waals surface area contributed by atoms with Gasteiger partial charge in [0, 0.05) is 5.39 Å². The molecule has 0 unspecified atom stereocenters. The number of carbonyl (C=O) groups excluding carboxylic acids is 2. The number of fused-ring (bicyclic) bond motifs is 1. The van der Waals surface area contributed by atoms with Crippen LogP contribution in [0.25, 0.3) is 21.5 Å². The number of rotatable bonds is 6. The van der Waals surface area contributed by atoms with Crippen molar-refractivity contribution in [3.05, 3.63) is 77.6 Å². The zero-order valence-electron chi connectivity index (χ0n) is 15.6. The molecule has 1 atom stereocenters. The molecule has 1 aromatic carbocycles. The summed E-state index contributed by atoms with van der Waals surface area (Å²) in [5, 5.41) is 5.38. The fraction of sp³-hybridized carbons (Fsp3) is 0.136. The van der Waals surface area contributed by atoms with Crippen molar-refractivity contribution in [1.29, 1.82) is 0 Å². The number of thiophene rings is 1. The molecule has 0 aliphatic rings. The number of pyridine rings is 1. The first-order valence-corrected chi connectivity index (χ1v) is 9.93. The van der Waals surface area contributed by atoms with Crippen molar-refractivity contribution >= 4 is 34.1 Å². The quantitative estimate of drug-likeness (QED) is 0.474. The lowest BCUT2D eigenvalue weighted by Crippen LogP contribution is -2.31. The minimum Gasteiger partial charge on any atom is -0.467 e. The molecule has 0 radical (unpaired) electrons. The third-order valence-corrected chi connectivity index (χ3v) is 5.28. The molecule has 0 saturated heterocycles. The first-order valence-electron chi connectivity index (χ1n) is 9.05. The molecule has 0 fully saturated rings. The number of esters is 1. The molecule has 4 rings (SSSR count). The van der Waals surface area contributed by atoms with Crippen LogP contribution in [0, 0.1) is 0 Å². The standard InChI is InChI=1S/C22H18N2O4S/c1-14(19-8-4-10-27-19)23-21(25)13-28-22(26)16-12-18(20-9-5-11-29-20)24-17-7-3-2-6-15(16)17/h2-12,14H,13H2,1H3,(H,23,25)/t14-/m1/s1. The van der Waals surface area contributed by atoms with Crippen molar-refractivity contribution in [1.82, 2.24) is 10.3 Å². The smallest absolute Gasteiger partial charge is 0.339 e. The molecular formula is C22H18N2O4S. The summed E-state index contributed by atoms with van der Waals surface area (Å²) in [5.74, 6) is -0.341. The fourth-order valence-corrected chi connectivity index (χ4v) is 3.68. The van der Waals surface area contributed by atoms with E-state index in [1.807, 2.05) is 41.8 Å². The summed E-state index contributed by atoms with van der Waals surface area (Å²) in [6.07, 6.45) is 1.54. The van der Waals surface area contributed by atoms with E-state index in [9.17, 15) is 9.59 Å². The van der Waals surface area contributed by atoms with E-state index < -0.39 is 11.9 Å². The zero-order chi connectivity index (χ0) is 20.2. The second kappa shape index (κ2) is 8.28. The Morgan fingerprint density at radius 2 is 2.03 bits per heavy atom. The molecule has 7 heteroatoms. The minimum atomic E-state index is -0.567. The number of carbonyl (C=O) groups is 2. The first-order chi connectivity index (χ1) is 14.1. The molecule has 3 aromatic heterocycles. The van der Waals surface area contributed by atoms with Crippen molar-refractivity contribution in [3.8, 4) is 10.6 Å². The Kier molecular flexibility index (Phi) is 5.39. The van der Waals surface area contributed by atoms with Crippen molar-refractivity contribution < 1.29 is 18.7 Å². The average Bonchev–Trinajstić information content (AvgIpc) is 3.45. The largest absolute Gasteiger partial charge is 0.467 e. The van der Waals surface area contributed by atoms with Gasteiger partial charge in [0.05, 0.1) is 34.0 Å². The van der Waals surface area contributed by atoms with Gasteiger partial charge in [0.25, 0.3) is 5.91 Å². The fourth-order valence-electron chi connectivity index (χ4n) is 3.00. The molecule has 29 heavy (non-hydrogen) atoms. The third-order valence-electron chi connectivity index (χ3n) is 4.39. The van der Waals surface area contributed by atoms with Crippen LogP contribution >= 0.6 is 11.3 Å². The van der Waals surface area contributed by atoms with E-state index in [1.165, 1.54) is 6.26 Å². The molecule has 0 aliphatic heterocycles. The van der Waals surface area contributed by atoms with E-state index in [-0.39, 0.29) is 12.6 Å². The van der Waals surface area contributed by atoms with Gasteiger partial charge >= 0.3 is 5.97 Å². The Morgan fingerprint density at radius 1 is 1.17 bits per heavy atom. The molecule has 1 N–H and O–H groups in total. The number of para-hydroxylation sites is 1. The summed E-state index contributed by atoms with van der Waals surface area (Å²) >= 11 is 1.54. The molecule has 3 heterocycles. The first kappa shape index (κ1) is 18.9. The summed E-state index contributed by atoms with van der Waals surface area (Å²) in [4.78, 5) is 30.5. The average molecular weight is 406 g/mol. The number of nitrogens with one attached hydrogen (secondary N) is 1. The highest BCUT2D eigenvalue weighted by molar-refractivity contribution is 7.13. The normalized spacial score (nSPS) is 11.9. The van der Waals surface area contributed by atoms with Gasteiger partial charge in [0.1, 0.15) is 5.76 Å². The van der Waals surface area contributed by atoms with E-state index in [0.29, 0.717) is 27.9 Å². The maximum absolute atomic E-state index is 12.8. The number of nitrogens with zero attached hydrogens (tertiary/aromatic N) is 1. The molecule has 146 valence electrons. The van der Waals surface area contributed by atoms with E-state index >= 15 is 0 Å². The van der Waals surface area contributed by atoms with Crippen LogP contribution in [0.5, 0.6) is 0 Å². The van der Waals surface area contributed by atoms with Gasteiger partial charge in [-0.15, -0.1) is 11.3 Å². The Labute approximate surface area is 171 Å². The molecular weight excluding hydrogens is 388 g/mol. The summed E-state index contributed by atoms with van der Waals surface area (Å²) in [5.41, 5.74) is 1.77. The summed E-state index contributed by atoms with van der Waals surface area (Å²) in [6.45, 7) is 1.41. The van der Waals surface area contributed by atoms with Crippen LogP contribution in [0.3, 0.4) is 0 Å². The van der Waals surface area contributed by atoms with Crippen molar-refractivity contribution in [2.75, 3.05) is 6.61 Å². The van der Waals surface area contributed by atoms with Crippen LogP contribution in [0.4, 0.5) is 0 Å². The van der Waals surface area contributed by atoms with Crippen LogP contribution in [-0.2, 0) is 9.53 Å². The predicted molar refractivity (Wildman–Crippen MR) is 111 cm³/mol. The Morgan fingerprint density at radius 3 is 2.79 bits per heavy atom. The van der Waals surface area contributed by atoms with Gasteiger partial charge in [-0.25, -0.2) is 9.78 Å². The number of benzene rings is 1. The Balaban J connectivity index is 1.51. The van der Waals surface area contributed by atoms with Gasteiger partial charge in [0.15, 0.2) is 6.61 Å². The van der Waals surface area contributed by atoms with Crippen molar-refractivity contribution in [2.45, 2.75) is 13.0 Å². The highest BCUT2D eigenvalue weighted by Gasteiger charge is 2.18. The highest BCUT2D eigenvalue weighted by Crippen LogP contribution is 2.28. The van der Waals surface area contributed by atoms with Crippen molar-refractivity contribution in [3.63, 3.8) is 0 Å². The molecule has 4 aromatic rings. The van der Waals surface area contributed by atoms with E-state index in [2.05, 4.69) is 10.3 Å². The van der Waals surface area contributed by atoms with Crippen LogP contribution in [0.15, 0.2) is 70.7 Å². The highest BCUT2D eigenvalue weighted by atomic mass is 32.1. The summed E-state index contributed by atoms with van der Waals surface area (Å²) in [6, 6.07) is 16.2. The van der Waals surface area contributed by atoms with Crippen LogP contribution < -0.4 is 5.32 Å². The minimum absolute atomic E-state index is 0.316. The van der Waals surface area contributed by atoms with Gasteiger partial charge in [-0.05, 0) is 42.6 Å². The Bertz CT molecular complexity index is 1140. The van der Waals surface area contributed by atoms with Gasteiger partial charge < -0.3 is 14.5 Å². The molecule has 0 spiro atoms. The summed E-state index contributed by atoms with van der Waals surface area (Å²) in [7, 11) is 0. The van der Waals surface area contributed by atoms with Crippen LogP contribution in [0.2, 0.25) is 0 Å². The number of hydrogen-bond acceptors (Lipinski definition) is 6. The second-order valence-corrected chi connectivity index (χ2v) is 7.38. The van der Waals surface area contributed by atoms with Crippen LogP contribution in [0.1, 0.15) is 29.1 Å². The van der Waals surface area contributed by atoms with Gasteiger partial charge in [0.2, 0.25) is 0 Å². The topological polar surface area (TPSA) is 81.4 Å². The molecule has 6 nitrogen and oxygen atoms in total. The van der Waals surface area contributed by atoms with E-state index in [4.69, 9.17) is 9.15 Å². The maximum Gasteiger partial charge on any atom is 0.339 e. The van der Waals surface area contributed by atoms with Crippen molar-refractivity contribution in [2.24, 2.45) is 0 Å². The number of furan rings is 1. The lowest BCUT2D eigenvalue weighted by molar-refractivity contribution is -0.125. The number of aromatic nitrogens is 1. The monoisotopic (exact) mass is 406 g/mol. The maximum atomic E-state index is 12.8. The lowest BCUT2D eigenvalue weighted by atomic mass is 10.1. The second-order valence-electron chi connectivity index (χ2n) is 6.43. The SMILES string of the molecule is C[C@@H](NC(=O)COC(=O)c1cc(-c2cccs2)nc2ccccc12)c1ccco1. The Hall–Kier alpha value is -3.45.